The van der Waals surface area contributed by atoms with Crippen molar-refractivity contribution in [2.75, 3.05) is 6.54 Å². The minimum absolute atomic E-state index is 0.155. The van der Waals surface area contributed by atoms with E-state index in [4.69, 9.17) is 9.47 Å². The lowest BCUT2D eigenvalue weighted by atomic mass is 10.1. The Hall–Kier alpha value is -2.90. The van der Waals surface area contributed by atoms with Crippen molar-refractivity contribution in [1.82, 2.24) is 9.71 Å². The minimum atomic E-state index is -3.66. The monoisotopic (exact) mass is 412 g/mol. The Labute approximate surface area is 171 Å². The molecule has 7 heteroatoms. The summed E-state index contributed by atoms with van der Waals surface area (Å²) in [4.78, 5) is 4.23. The first-order chi connectivity index (χ1) is 13.8. The molecule has 0 spiro atoms. The number of hydrogen-bond acceptors (Lipinski definition) is 5. The number of hydrogen-bond donors (Lipinski definition) is 1. The second-order valence-electron chi connectivity index (χ2n) is 6.74. The maximum atomic E-state index is 12.6. The van der Waals surface area contributed by atoms with Gasteiger partial charge in [-0.1, -0.05) is 24.3 Å². The molecule has 152 valence electrons. The lowest BCUT2D eigenvalue weighted by molar-refractivity contribution is 0.222. The van der Waals surface area contributed by atoms with Gasteiger partial charge in [-0.3, -0.25) is 0 Å². The number of nitrogens with one attached hydrogen (secondary N) is 1. The Morgan fingerprint density at radius 2 is 1.66 bits per heavy atom. The maximum absolute atomic E-state index is 12.6. The number of rotatable bonds is 8. The molecule has 3 aromatic rings. The van der Waals surface area contributed by atoms with E-state index >= 15 is 0 Å². The minimum Gasteiger partial charge on any atom is -0.489 e. The molecule has 0 saturated carbocycles. The zero-order chi connectivity index (χ0) is 20.9. The highest BCUT2D eigenvalue weighted by Crippen LogP contribution is 2.24. The molecule has 1 N–H and O–H groups in total. The van der Waals surface area contributed by atoms with Gasteiger partial charge in [0.15, 0.2) is 0 Å². The first-order valence-electron chi connectivity index (χ1n) is 9.26. The zero-order valence-corrected chi connectivity index (χ0v) is 17.4. The van der Waals surface area contributed by atoms with Crippen molar-refractivity contribution in [1.29, 1.82) is 0 Å². The molecule has 2 aromatic carbocycles. The standard InChI is InChI=1S/C22H24N2O4S/c1-16-7-6-8-17(2)22(16)27-18(3)15-24-29(25,26)20-12-10-19(11-13-20)28-21-9-4-5-14-23-21/h4-14,18,24H,15H2,1-3H3. The molecule has 29 heavy (non-hydrogen) atoms. The van der Waals surface area contributed by atoms with Gasteiger partial charge in [-0.15, -0.1) is 0 Å². The van der Waals surface area contributed by atoms with E-state index in [0.717, 1.165) is 16.9 Å². The number of pyridine rings is 1. The van der Waals surface area contributed by atoms with Crippen LogP contribution in [0.15, 0.2) is 71.8 Å². The summed E-state index contributed by atoms with van der Waals surface area (Å²) < 4.78 is 39.3. The molecular formula is C22H24N2O4S. The molecule has 3 rings (SSSR count). The molecule has 6 nitrogen and oxygen atoms in total. The third kappa shape index (κ3) is 5.56. The van der Waals surface area contributed by atoms with Crippen LogP contribution < -0.4 is 14.2 Å². The zero-order valence-electron chi connectivity index (χ0n) is 16.6. The molecule has 1 atom stereocenters. The number of nitrogens with zero attached hydrogens (tertiary/aromatic N) is 1. The third-order valence-corrected chi connectivity index (χ3v) is 5.72. The van der Waals surface area contributed by atoms with Crippen molar-refractivity contribution in [3.63, 3.8) is 0 Å². The van der Waals surface area contributed by atoms with E-state index in [9.17, 15) is 8.42 Å². The highest BCUT2D eigenvalue weighted by molar-refractivity contribution is 7.89. The van der Waals surface area contributed by atoms with E-state index in [0.29, 0.717) is 11.6 Å². The fraction of sp³-hybridized carbons (Fsp3) is 0.227. The van der Waals surface area contributed by atoms with Crippen molar-refractivity contribution >= 4 is 10.0 Å². The molecule has 0 aliphatic carbocycles. The third-order valence-electron chi connectivity index (χ3n) is 4.28. The van der Waals surface area contributed by atoms with Gasteiger partial charge in [-0.25, -0.2) is 18.1 Å². The first-order valence-corrected chi connectivity index (χ1v) is 10.7. The fourth-order valence-electron chi connectivity index (χ4n) is 2.75. The van der Waals surface area contributed by atoms with Gasteiger partial charge >= 0.3 is 0 Å². The number of benzene rings is 2. The SMILES string of the molecule is Cc1cccc(C)c1OC(C)CNS(=O)(=O)c1ccc(Oc2ccccn2)cc1. The van der Waals surface area contributed by atoms with Crippen LogP contribution in [0.25, 0.3) is 0 Å². The largest absolute Gasteiger partial charge is 0.489 e. The van der Waals surface area contributed by atoms with Crippen molar-refractivity contribution in [2.45, 2.75) is 31.8 Å². The summed E-state index contributed by atoms with van der Waals surface area (Å²) in [5, 5.41) is 0. The van der Waals surface area contributed by atoms with Crippen LogP contribution in [0.5, 0.6) is 17.4 Å². The average Bonchev–Trinajstić information content (AvgIpc) is 2.71. The molecule has 0 aliphatic rings. The molecule has 0 aliphatic heterocycles. The predicted octanol–water partition coefficient (Wildman–Crippen LogP) is 4.24. The fourth-order valence-corrected chi connectivity index (χ4v) is 3.87. The second-order valence-corrected chi connectivity index (χ2v) is 8.51. The van der Waals surface area contributed by atoms with E-state index in [2.05, 4.69) is 9.71 Å². The Kier molecular flexibility index (Phi) is 6.51. The van der Waals surface area contributed by atoms with Crippen molar-refractivity contribution in [3.05, 3.63) is 78.0 Å². The molecule has 0 bridgehead atoms. The van der Waals surface area contributed by atoms with Crippen LogP contribution in [0.3, 0.4) is 0 Å². The second kappa shape index (κ2) is 9.07. The van der Waals surface area contributed by atoms with E-state index < -0.39 is 10.0 Å². The maximum Gasteiger partial charge on any atom is 0.240 e. The topological polar surface area (TPSA) is 77.5 Å². The van der Waals surface area contributed by atoms with Gasteiger partial charge in [0, 0.05) is 18.8 Å². The lowest BCUT2D eigenvalue weighted by Crippen LogP contribution is -2.33. The summed E-state index contributed by atoms with van der Waals surface area (Å²) in [7, 11) is -3.66. The van der Waals surface area contributed by atoms with Crippen molar-refractivity contribution in [3.8, 4) is 17.4 Å². The Morgan fingerprint density at radius 1 is 0.966 bits per heavy atom. The molecule has 0 amide bonds. The van der Waals surface area contributed by atoms with Gasteiger partial charge in [0.1, 0.15) is 17.6 Å². The highest BCUT2D eigenvalue weighted by atomic mass is 32.2. The van der Waals surface area contributed by atoms with Gasteiger partial charge < -0.3 is 9.47 Å². The summed E-state index contributed by atoms with van der Waals surface area (Å²) in [5.74, 6) is 1.74. The molecule has 1 unspecified atom stereocenters. The number of ether oxygens (including phenoxy) is 2. The molecular weight excluding hydrogens is 388 g/mol. The van der Waals surface area contributed by atoms with Crippen molar-refractivity contribution in [2.24, 2.45) is 0 Å². The Bertz CT molecular complexity index is 1030. The summed E-state index contributed by atoms with van der Waals surface area (Å²) in [6, 6.07) is 17.4. The Morgan fingerprint density at radius 3 is 2.28 bits per heavy atom. The highest BCUT2D eigenvalue weighted by Gasteiger charge is 2.17. The van der Waals surface area contributed by atoms with Crippen LogP contribution in [-0.2, 0) is 10.0 Å². The average molecular weight is 413 g/mol. The molecule has 0 saturated heterocycles. The lowest BCUT2D eigenvalue weighted by Gasteiger charge is -2.19. The van der Waals surface area contributed by atoms with E-state index in [1.165, 1.54) is 12.1 Å². The van der Waals surface area contributed by atoms with Crippen LogP contribution >= 0.6 is 0 Å². The normalized spacial score (nSPS) is 12.4. The smallest absolute Gasteiger partial charge is 0.240 e. The van der Waals surface area contributed by atoms with Crippen LogP contribution in [-0.4, -0.2) is 26.1 Å². The van der Waals surface area contributed by atoms with Gasteiger partial charge in [0.25, 0.3) is 0 Å². The molecule has 0 fully saturated rings. The predicted molar refractivity (Wildman–Crippen MR) is 112 cm³/mol. The van der Waals surface area contributed by atoms with Crippen LogP contribution in [0.4, 0.5) is 0 Å². The van der Waals surface area contributed by atoms with E-state index in [-0.39, 0.29) is 17.5 Å². The summed E-state index contributed by atoms with van der Waals surface area (Å²) in [6.07, 6.45) is 1.30. The molecule has 0 radical (unpaired) electrons. The number of sulfonamides is 1. The molecule has 1 aromatic heterocycles. The molecule has 1 heterocycles. The van der Waals surface area contributed by atoms with Gasteiger partial charge in [-0.05, 0) is 62.2 Å². The summed E-state index contributed by atoms with van der Waals surface area (Å²) >= 11 is 0. The summed E-state index contributed by atoms with van der Waals surface area (Å²) in [6.45, 7) is 5.92. The quantitative estimate of drug-likeness (QED) is 0.599. The van der Waals surface area contributed by atoms with Crippen molar-refractivity contribution < 1.29 is 17.9 Å². The summed E-state index contributed by atoms with van der Waals surface area (Å²) in [5.41, 5.74) is 2.03. The first kappa shape index (κ1) is 20.8. The van der Waals surface area contributed by atoms with Crippen LogP contribution in [0.2, 0.25) is 0 Å². The van der Waals surface area contributed by atoms with Gasteiger partial charge in [0.05, 0.1) is 4.90 Å². The number of aromatic nitrogens is 1. The number of aryl methyl sites for hydroxylation is 2. The van der Waals surface area contributed by atoms with Gasteiger partial charge in [0.2, 0.25) is 15.9 Å². The van der Waals surface area contributed by atoms with E-state index in [1.807, 2.05) is 45.0 Å². The van der Waals surface area contributed by atoms with Crippen LogP contribution in [0.1, 0.15) is 18.1 Å². The van der Waals surface area contributed by atoms with E-state index in [1.54, 1.807) is 30.5 Å². The van der Waals surface area contributed by atoms with Crippen LogP contribution in [0, 0.1) is 13.8 Å². The van der Waals surface area contributed by atoms with Gasteiger partial charge in [-0.2, -0.15) is 0 Å². The Balaban J connectivity index is 1.60. The number of para-hydroxylation sites is 1.